The number of urea groups is 1. The lowest BCUT2D eigenvalue weighted by Gasteiger charge is -2.35. The van der Waals surface area contributed by atoms with Gasteiger partial charge in [0.15, 0.2) is 0 Å². The number of ether oxygens (including phenoxy) is 1. The maximum atomic E-state index is 13.0. The van der Waals surface area contributed by atoms with Crippen molar-refractivity contribution in [3.63, 3.8) is 0 Å². The summed E-state index contributed by atoms with van der Waals surface area (Å²) in [5.74, 6) is 0.0335. The molecule has 0 radical (unpaired) electrons. The summed E-state index contributed by atoms with van der Waals surface area (Å²) in [6.45, 7) is 17.0. The molecule has 34 heavy (non-hydrogen) atoms. The minimum atomic E-state index is -0.619. The van der Waals surface area contributed by atoms with Crippen molar-refractivity contribution in [3.05, 3.63) is 41.1 Å². The van der Waals surface area contributed by atoms with Crippen LogP contribution in [0.25, 0.3) is 0 Å². The number of anilines is 1. The highest BCUT2D eigenvalue weighted by Gasteiger charge is 2.36. The third-order valence-corrected chi connectivity index (χ3v) is 5.70. The Morgan fingerprint density at radius 1 is 1.15 bits per heavy atom. The summed E-state index contributed by atoms with van der Waals surface area (Å²) in [6, 6.07) is 6.37. The first-order valence-corrected chi connectivity index (χ1v) is 12.2. The van der Waals surface area contributed by atoms with Crippen molar-refractivity contribution in [2.24, 2.45) is 17.3 Å². The van der Waals surface area contributed by atoms with Gasteiger partial charge in [-0.05, 0) is 55.2 Å². The fraction of sp³-hybridized carbons (Fsp3) is 0.593. The van der Waals surface area contributed by atoms with Crippen molar-refractivity contribution in [3.8, 4) is 0 Å². The van der Waals surface area contributed by atoms with Gasteiger partial charge in [-0.1, -0.05) is 53.7 Å². The van der Waals surface area contributed by atoms with Crippen molar-refractivity contribution < 1.29 is 19.1 Å². The molecular weight excluding hydrogens is 430 g/mol. The molecule has 1 heterocycles. The van der Waals surface area contributed by atoms with Crippen molar-refractivity contribution >= 4 is 23.6 Å². The number of benzene rings is 1. The molecule has 2 rings (SSSR count). The summed E-state index contributed by atoms with van der Waals surface area (Å²) in [4.78, 5) is 39.6. The summed E-state index contributed by atoms with van der Waals surface area (Å²) in [7, 11) is 0. The normalized spacial score (nSPS) is 17.5. The number of hydrogen-bond acceptors (Lipinski definition) is 4. The van der Waals surface area contributed by atoms with Gasteiger partial charge in [0.2, 0.25) is 5.91 Å². The number of hydrogen-bond donors (Lipinski definition) is 2. The van der Waals surface area contributed by atoms with Crippen LogP contribution in [0.3, 0.4) is 0 Å². The number of carbonyl (C=O) groups is 3. The van der Waals surface area contributed by atoms with E-state index in [4.69, 9.17) is 4.74 Å². The van der Waals surface area contributed by atoms with E-state index in [9.17, 15) is 14.4 Å². The SMILES string of the molecule is CCN1C(=O)NC(c2ccc(NC(=O)CC(C)CC(C)(C)C)cc2)C(C(=O)OCC(C)C)=C1C. The van der Waals surface area contributed by atoms with Gasteiger partial charge in [-0.15, -0.1) is 0 Å². The first-order chi connectivity index (χ1) is 15.8. The summed E-state index contributed by atoms with van der Waals surface area (Å²) >= 11 is 0. The molecule has 2 N–H and O–H groups in total. The van der Waals surface area contributed by atoms with Gasteiger partial charge in [0, 0.05) is 24.4 Å². The Balaban J connectivity index is 2.19. The van der Waals surface area contributed by atoms with Gasteiger partial charge in [-0.25, -0.2) is 9.59 Å². The lowest BCUT2D eigenvalue weighted by atomic mass is 9.84. The molecule has 3 amide bonds. The number of esters is 1. The maximum Gasteiger partial charge on any atom is 0.338 e. The van der Waals surface area contributed by atoms with E-state index in [1.807, 2.05) is 32.9 Å². The molecule has 188 valence electrons. The zero-order chi connectivity index (χ0) is 25.6. The first-order valence-electron chi connectivity index (χ1n) is 12.2. The lowest BCUT2D eigenvalue weighted by molar-refractivity contribution is -0.140. The van der Waals surface area contributed by atoms with E-state index >= 15 is 0 Å². The average Bonchev–Trinajstić information content (AvgIpc) is 2.70. The van der Waals surface area contributed by atoms with Gasteiger partial charge in [0.25, 0.3) is 0 Å². The summed E-state index contributed by atoms with van der Waals surface area (Å²) < 4.78 is 5.51. The Labute approximate surface area is 204 Å². The molecule has 0 saturated heterocycles. The Morgan fingerprint density at radius 3 is 2.29 bits per heavy atom. The second kappa shape index (κ2) is 11.5. The van der Waals surface area contributed by atoms with Crippen molar-refractivity contribution in [2.75, 3.05) is 18.5 Å². The molecule has 0 aliphatic carbocycles. The quantitative estimate of drug-likeness (QED) is 0.456. The van der Waals surface area contributed by atoms with Crippen LogP contribution in [0.5, 0.6) is 0 Å². The van der Waals surface area contributed by atoms with Crippen LogP contribution in [-0.2, 0) is 14.3 Å². The van der Waals surface area contributed by atoms with Crippen LogP contribution in [0.1, 0.15) is 79.8 Å². The lowest BCUT2D eigenvalue weighted by Crippen LogP contribution is -2.47. The maximum absolute atomic E-state index is 13.0. The highest BCUT2D eigenvalue weighted by Crippen LogP contribution is 2.32. The van der Waals surface area contributed by atoms with E-state index in [0.29, 0.717) is 36.5 Å². The van der Waals surface area contributed by atoms with Crippen molar-refractivity contribution in [1.82, 2.24) is 10.2 Å². The molecule has 1 aromatic rings. The predicted molar refractivity (Wildman–Crippen MR) is 135 cm³/mol. The van der Waals surface area contributed by atoms with E-state index in [0.717, 1.165) is 12.0 Å². The summed E-state index contributed by atoms with van der Waals surface area (Å²) in [5.41, 5.74) is 2.63. The van der Waals surface area contributed by atoms with Gasteiger partial charge < -0.3 is 15.4 Å². The molecule has 7 heteroatoms. The van der Waals surface area contributed by atoms with Crippen LogP contribution in [0.4, 0.5) is 10.5 Å². The van der Waals surface area contributed by atoms with Crippen molar-refractivity contribution in [2.45, 2.75) is 74.3 Å². The van der Waals surface area contributed by atoms with Gasteiger partial charge in [0.05, 0.1) is 18.2 Å². The topological polar surface area (TPSA) is 87.7 Å². The van der Waals surface area contributed by atoms with E-state index in [1.54, 1.807) is 19.1 Å². The third kappa shape index (κ3) is 7.61. The first kappa shape index (κ1) is 27.4. The molecule has 2 atom stereocenters. The summed E-state index contributed by atoms with van der Waals surface area (Å²) in [6.07, 6.45) is 1.43. The van der Waals surface area contributed by atoms with Gasteiger partial charge in [-0.3, -0.25) is 9.69 Å². The van der Waals surface area contributed by atoms with Crippen LogP contribution in [0, 0.1) is 17.3 Å². The standard InChI is InChI=1S/C27H41N3O4/c1-9-30-19(5)23(25(32)34-16-17(2)3)24(29-26(30)33)20-10-12-21(13-11-20)28-22(31)14-18(4)15-27(6,7)8/h10-13,17-18,24H,9,14-16H2,1-8H3,(H,28,31)(H,29,33). The monoisotopic (exact) mass is 471 g/mol. The fourth-order valence-corrected chi connectivity index (χ4v) is 4.40. The van der Waals surface area contributed by atoms with Gasteiger partial charge in [0.1, 0.15) is 0 Å². The molecule has 1 aromatic carbocycles. The van der Waals surface area contributed by atoms with Crippen LogP contribution in [-0.4, -0.2) is 36.0 Å². The van der Waals surface area contributed by atoms with Crippen molar-refractivity contribution in [1.29, 1.82) is 0 Å². The third-order valence-electron chi connectivity index (χ3n) is 5.70. The highest BCUT2D eigenvalue weighted by atomic mass is 16.5. The number of carbonyl (C=O) groups excluding carboxylic acids is 3. The minimum Gasteiger partial charge on any atom is -0.462 e. The van der Waals surface area contributed by atoms with Crippen LogP contribution in [0.15, 0.2) is 35.5 Å². The van der Waals surface area contributed by atoms with Gasteiger partial charge in [-0.2, -0.15) is 0 Å². The number of nitrogens with zero attached hydrogens (tertiary/aromatic N) is 1. The summed E-state index contributed by atoms with van der Waals surface area (Å²) in [5, 5.41) is 5.88. The molecule has 1 aliphatic rings. The van der Waals surface area contributed by atoms with Crippen LogP contribution < -0.4 is 10.6 Å². The molecular formula is C27H41N3O4. The number of allylic oxidation sites excluding steroid dienone is 1. The number of nitrogens with one attached hydrogen (secondary N) is 2. The van der Waals surface area contributed by atoms with E-state index < -0.39 is 12.0 Å². The molecule has 0 aromatic heterocycles. The zero-order valence-electron chi connectivity index (χ0n) is 22.0. The van der Waals surface area contributed by atoms with E-state index in [-0.39, 0.29) is 29.2 Å². The van der Waals surface area contributed by atoms with Crippen LogP contribution in [0.2, 0.25) is 0 Å². The Kier molecular flexibility index (Phi) is 9.30. The Bertz CT molecular complexity index is 913. The molecule has 0 bridgehead atoms. The molecule has 1 aliphatic heterocycles. The van der Waals surface area contributed by atoms with Crippen LogP contribution >= 0.6 is 0 Å². The fourth-order valence-electron chi connectivity index (χ4n) is 4.40. The number of rotatable bonds is 9. The predicted octanol–water partition coefficient (Wildman–Crippen LogP) is 5.65. The minimum absolute atomic E-state index is 0.0252. The average molecular weight is 472 g/mol. The van der Waals surface area contributed by atoms with E-state index in [1.165, 1.54) is 4.90 Å². The molecule has 7 nitrogen and oxygen atoms in total. The second-order valence-electron chi connectivity index (χ2n) is 10.9. The molecule has 0 fully saturated rings. The van der Waals surface area contributed by atoms with E-state index in [2.05, 4.69) is 38.3 Å². The molecule has 2 unspecified atom stereocenters. The largest absolute Gasteiger partial charge is 0.462 e. The Hall–Kier alpha value is -2.83. The number of amides is 3. The second-order valence-corrected chi connectivity index (χ2v) is 10.9. The molecule has 0 spiro atoms. The Morgan fingerprint density at radius 2 is 1.76 bits per heavy atom. The smallest absolute Gasteiger partial charge is 0.338 e. The van der Waals surface area contributed by atoms with Gasteiger partial charge >= 0.3 is 12.0 Å². The highest BCUT2D eigenvalue weighted by molar-refractivity contribution is 5.95. The molecule has 0 saturated carbocycles. The zero-order valence-corrected chi connectivity index (χ0v) is 22.0.